The Morgan fingerprint density at radius 1 is 0.814 bits per heavy atom. The number of halogens is 4. The first-order chi connectivity index (χ1) is 44.0. The number of amides is 2. The first kappa shape index (κ1) is 99.7. The van der Waals surface area contributed by atoms with E-state index in [0.29, 0.717) is 80.7 Å². The second-order valence-electron chi connectivity index (χ2n) is 20.7. The Balaban J connectivity index is -0.000000370. The van der Waals surface area contributed by atoms with Crippen molar-refractivity contribution < 1.29 is 209 Å². The fraction of sp³-hybridized carbons (Fsp3) is 0.483. The third-order valence-corrected chi connectivity index (χ3v) is 15.6. The van der Waals surface area contributed by atoms with Crippen molar-refractivity contribution in [1.82, 2.24) is 30.1 Å². The summed E-state index contributed by atoms with van der Waals surface area (Å²) in [5.74, 6) is -1.66. The summed E-state index contributed by atoms with van der Waals surface area (Å²) in [6.45, 7) is 14.7. The number of hydrogen-bond acceptors (Lipinski definition) is 25. The number of carboxylic acids is 2. The van der Waals surface area contributed by atoms with Gasteiger partial charge >= 0.3 is 127 Å². The number of carbonyl (C=O) groups excluding carboxylic acids is 3. The first-order valence-electron chi connectivity index (χ1n) is 27.9. The molecule has 0 unspecified atom stereocenters. The van der Waals surface area contributed by atoms with Crippen molar-refractivity contribution in [3.63, 3.8) is 0 Å². The van der Waals surface area contributed by atoms with Crippen molar-refractivity contribution in [3.8, 4) is 35.8 Å². The maximum Gasteiger partial charge on any atom is 1.00 e. The molecule has 1 aliphatic rings. The van der Waals surface area contributed by atoms with E-state index in [1.807, 2.05) is 52.3 Å². The molecule has 0 bridgehead atoms. The van der Waals surface area contributed by atoms with E-state index in [1.54, 1.807) is 53.1 Å². The van der Waals surface area contributed by atoms with Gasteiger partial charge in [0.05, 0.1) is 64.1 Å². The molecule has 525 valence electrons. The number of rotatable bonds is 23. The van der Waals surface area contributed by atoms with Gasteiger partial charge in [-0.1, -0.05) is 7.43 Å². The van der Waals surface area contributed by atoms with Gasteiger partial charge in [-0.2, -0.15) is 23.2 Å². The minimum Gasteiger partial charge on any atom is -1.00 e. The van der Waals surface area contributed by atoms with Crippen molar-refractivity contribution in [2.75, 3.05) is 91.6 Å². The van der Waals surface area contributed by atoms with E-state index in [0.717, 1.165) is 41.8 Å². The summed E-state index contributed by atoms with van der Waals surface area (Å²) >= 11 is 14.3. The van der Waals surface area contributed by atoms with Gasteiger partial charge in [-0.05, 0) is 74.4 Å². The Morgan fingerprint density at radius 2 is 1.22 bits per heavy atom. The fourth-order valence-corrected chi connectivity index (χ4v) is 10.4. The van der Waals surface area contributed by atoms with Crippen LogP contribution >= 0.6 is 70.0 Å². The van der Waals surface area contributed by atoms with Gasteiger partial charge in [0, 0.05) is 106 Å². The molecule has 1 radical (unpaired) electrons. The van der Waals surface area contributed by atoms with Crippen LogP contribution in [0.4, 0.5) is 22.8 Å². The summed E-state index contributed by atoms with van der Waals surface area (Å²) in [4.78, 5) is 74.7. The molecule has 4 heterocycles. The number of thiazole rings is 3. The number of nitriles is 2. The number of ether oxygens (including phenoxy) is 5. The van der Waals surface area contributed by atoms with E-state index in [4.69, 9.17) is 78.2 Å². The average molecular weight is 1560 g/mol. The number of aliphatic imine (C=N–C) groups is 1. The molecule has 6 aromatic rings. The Bertz CT molecular complexity index is 3490. The van der Waals surface area contributed by atoms with Crippen LogP contribution in [0.3, 0.4) is 0 Å². The zero-order valence-corrected chi connectivity index (χ0v) is 67.8. The summed E-state index contributed by atoms with van der Waals surface area (Å²) in [5.41, 5.74) is 5.44. The van der Waals surface area contributed by atoms with Gasteiger partial charge in [-0.3, -0.25) is 14.6 Å². The van der Waals surface area contributed by atoms with Crippen LogP contribution in [0.1, 0.15) is 91.1 Å². The molecule has 0 spiro atoms. The predicted octanol–water partition coefficient (Wildman–Crippen LogP) is 2.79. The molecule has 97 heavy (non-hydrogen) atoms. The maximum atomic E-state index is 14.1. The van der Waals surface area contributed by atoms with Crippen molar-refractivity contribution >= 4 is 136 Å². The van der Waals surface area contributed by atoms with Crippen LogP contribution in [0.15, 0.2) is 41.4 Å². The Hall–Kier alpha value is -3.63. The average Bonchev–Trinajstić information content (AvgIpc) is 1.66. The van der Waals surface area contributed by atoms with Gasteiger partial charge in [-0.15, -0.1) is 57.4 Å². The van der Waals surface area contributed by atoms with E-state index >= 15 is 0 Å². The molecule has 1 aliphatic heterocycles. The summed E-state index contributed by atoms with van der Waals surface area (Å²) in [7, 11) is 7.18. The van der Waals surface area contributed by atoms with Crippen LogP contribution in [0.25, 0.3) is 30.6 Å². The van der Waals surface area contributed by atoms with E-state index < -0.39 is 58.8 Å². The number of aliphatic carboxylic acids is 2. The number of benzene rings is 3. The minimum atomic E-state index is -1.00. The fourth-order valence-electron chi connectivity index (χ4n) is 6.55. The normalized spacial score (nSPS) is 11.8. The summed E-state index contributed by atoms with van der Waals surface area (Å²) in [6, 6.07) is 11.1. The van der Waals surface area contributed by atoms with Gasteiger partial charge in [0.1, 0.15) is 39.4 Å². The summed E-state index contributed by atoms with van der Waals surface area (Å²) < 4.78 is 70.8. The maximum absolute atomic E-state index is 14.1. The van der Waals surface area contributed by atoms with Crippen molar-refractivity contribution in [2.45, 2.75) is 97.9 Å². The van der Waals surface area contributed by atoms with Crippen LogP contribution in [0.2, 0.25) is 0 Å². The van der Waals surface area contributed by atoms with Gasteiger partial charge in [0.25, 0.3) is 6.47 Å². The zero-order valence-electron chi connectivity index (χ0n) is 56.2. The predicted molar refractivity (Wildman–Crippen MR) is 361 cm³/mol. The van der Waals surface area contributed by atoms with Gasteiger partial charge in [-0.25, -0.2) is 42.5 Å². The number of quaternary nitrogens is 1. The second-order valence-corrected chi connectivity index (χ2v) is 25.5. The molecular formula is C60H81ClF3K2N11O14S5V. The van der Waals surface area contributed by atoms with E-state index in [1.165, 1.54) is 73.8 Å². The molecule has 2 atom stereocenters. The van der Waals surface area contributed by atoms with Gasteiger partial charge in [0.2, 0.25) is 0 Å². The quantitative estimate of drug-likeness (QED) is 0.00618. The van der Waals surface area contributed by atoms with Gasteiger partial charge in [0.15, 0.2) is 50.8 Å². The Morgan fingerprint density at radius 3 is 1.56 bits per heavy atom. The third-order valence-electron chi connectivity index (χ3n) is 10.8. The van der Waals surface area contributed by atoms with Crippen LogP contribution in [-0.4, -0.2) is 185 Å². The topological polar surface area (TPSA) is 364 Å². The number of alkyl halides is 1. The minimum absolute atomic E-state index is 0. The van der Waals surface area contributed by atoms with Crippen molar-refractivity contribution in [2.24, 2.45) is 10.7 Å². The van der Waals surface area contributed by atoms with Crippen LogP contribution < -0.4 is 139 Å². The number of fused-ring (bicyclic) bond motifs is 3. The molecule has 0 aliphatic carbocycles. The molecule has 37 heteroatoms. The number of terminal acetylenes is 1. The van der Waals surface area contributed by atoms with Crippen LogP contribution in [-0.2, 0) is 47.3 Å². The SMILES string of the molecule is C.CN(CCCCl)C(=O)OC(C)(C)C.CN(CCCOc1cc2sc(C#N)nc2cc1F)C(=O)OC(C)(C)C.CNCCCOc1cc2sc(C3=N[C@@H](C(=O)O)CS3)nc2cc1F.C[NH2+]CCCOc1cc2sc(C#N)nc2cc1F.N[C@H](CS)C(=O)O.O=CO[O-].[C-]#C.[H-].[K+].[K+].[V]. The number of thioether (sulfide) groups is 1. The first-order valence-corrected chi connectivity index (χ1v) is 32.5. The molecule has 7 N–H and O–H groups in total. The smallest absolute Gasteiger partial charge is 1.00 e. The molecule has 0 saturated heterocycles. The third kappa shape index (κ3) is 40.0. The number of carbonyl (C=O) groups is 5. The van der Waals surface area contributed by atoms with Crippen LogP contribution in [0, 0.1) is 53.0 Å². The largest absolute Gasteiger partial charge is 1.00 e. The van der Waals surface area contributed by atoms with Crippen LogP contribution in [0.5, 0.6) is 17.2 Å². The van der Waals surface area contributed by atoms with E-state index in [9.17, 15) is 32.3 Å². The monoisotopic (exact) mass is 1560 g/mol. The molecule has 3 aromatic carbocycles. The standard InChI is InChI=1S/C17H20FN3O3S.C15H16FN3O3S2.C12H12FN3OS.C9H18ClNO2.C3H7NO2S.C2H.CH2O3.CH4.2K.V.H/c1-17(2,3)24-16(22)21(4)6-5-7-23-13-9-14-12(8-11(13)18)20-15(10-19)25-14;1-17-3-2-4-22-11-6-12-9(5-8(11)16)18-14(24-12)13-19-10(7-23-13)15(20)21;1-15-3-2-4-17-10-6-11-9(5-8(10)13)16-12(7-14)18-11;1-9(2,3)13-8(12)11(4)7-5-6-10;4-2(1-7)3(5)6;1-2;2-1-4-3;;;;;/h8-9H,5-7H2,1-4H3;5-6,10,17H,2-4,7H2,1H3,(H,20,21);5-6,15H,2-4H2,1H3;5-7H2,1-4H3;2,7H,1,4H2,(H,5,6);1H;1,3H;1H4;;;;/q;;;;;-1;;;2*+1;;-1/t;10-;;;2-;;;;;;;/m.1..1......./s1. The Kier molecular flexibility index (Phi) is 55.6. The van der Waals surface area contributed by atoms with Gasteiger partial charge < -0.3 is 84.5 Å². The number of thiol groups is 1. The molecular weight excluding hydrogens is 1480 g/mol. The molecule has 0 fully saturated rings. The summed E-state index contributed by atoms with van der Waals surface area (Å²) in [6.07, 6.45) is 11.3. The van der Waals surface area contributed by atoms with Crippen molar-refractivity contribution in [3.05, 3.63) is 75.3 Å². The molecule has 7 rings (SSSR count). The second kappa shape index (κ2) is 54.1. The zero-order chi connectivity index (χ0) is 70.4. The summed E-state index contributed by atoms with van der Waals surface area (Å²) in [5, 5.41) is 49.9. The number of carboxylic acid groups (broad SMARTS) is 2. The number of aromatic nitrogens is 3. The number of hydrogen-bond donors (Lipinski definition) is 6. The number of nitrogens with two attached hydrogens (primary N) is 2. The van der Waals surface area contributed by atoms with E-state index in [2.05, 4.69) is 49.2 Å². The molecule has 0 saturated carbocycles. The van der Waals surface area contributed by atoms with Crippen molar-refractivity contribution in [1.29, 1.82) is 10.5 Å². The Labute approximate surface area is 688 Å². The number of nitrogens with zero attached hydrogens (tertiary/aromatic N) is 8. The molecule has 25 nitrogen and oxygen atoms in total. The number of nitrogens with one attached hydrogen (secondary N) is 1. The van der Waals surface area contributed by atoms with E-state index in [-0.39, 0.29) is 177 Å². The molecule has 2 amide bonds. The molecule has 3 aromatic heterocycles.